The first kappa shape index (κ1) is 13.0. The lowest BCUT2D eigenvalue weighted by atomic mass is 9.77. The van der Waals surface area contributed by atoms with Gasteiger partial charge in [-0.25, -0.2) is 0 Å². The van der Waals surface area contributed by atoms with Crippen molar-refractivity contribution >= 4 is 5.91 Å². The molecule has 0 aromatic rings. The minimum Gasteiger partial charge on any atom is -0.346 e. The summed E-state index contributed by atoms with van der Waals surface area (Å²) in [6, 6.07) is 2.15. The molecule has 1 aliphatic rings. The normalized spacial score (nSPS) is 29.5. The van der Waals surface area contributed by atoms with E-state index in [1.807, 2.05) is 7.05 Å². The van der Waals surface area contributed by atoms with E-state index >= 15 is 0 Å². The van der Waals surface area contributed by atoms with E-state index in [2.05, 4.69) is 13.0 Å². The second kappa shape index (κ2) is 5.31. The van der Waals surface area contributed by atoms with E-state index in [0.717, 1.165) is 25.8 Å². The van der Waals surface area contributed by atoms with Gasteiger partial charge in [0.25, 0.3) is 0 Å². The van der Waals surface area contributed by atoms with Crippen LogP contribution in [-0.4, -0.2) is 29.9 Å². The SMILES string of the molecule is CCCN(C)C(=O)C1CCC(N)(C#N)CC1. The van der Waals surface area contributed by atoms with Crippen molar-refractivity contribution < 1.29 is 4.79 Å². The lowest BCUT2D eigenvalue weighted by molar-refractivity contribution is -0.135. The quantitative estimate of drug-likeness (QED) is 0.783. The van der Waals surface area contributed by atoms with Crippen LogP contribution in [0.15, 0.2) is 0 Å². The molecule has 1 saturated carbocycles. The summed E-state index contributed by atoms with van der Waals surface area (Å²) in [4.78, 5) is 13.8. The Kier molecular flexibility index (Phi) is 4.31. The molecule has 0 aromatic heterocycles. The lowest BCUT2D eigenvalue weighted by Gasteiger charge is -2.33. The van der Waals surface area contributed by atoms with E-state index < -0.39 is 5.54 Å². The number of hydrogen-bond acceptors (Lipinski definition) is 3. The van der Waals surface area contributed by atoms with E-state index in [4.69, 9.17) is 11.0 Å². The predicted molar refractivity (Wildman–Crippen MR) is 62.4 cm³/mol. The van der Waals surface area contributed by atoms with Gasteiger partial charge >= 0.3 is 0 Å². The standard InChI is InChI=1S/C12H21N3O/c1-3-8-15(2)11(16)10-4-6-12(14,9-13)7-5-10/h10H,3-8,14H2,1-2H3. The number of amides is 1. The number of carbonyl (C=O) groups is 1. The van der Waals surface area contributed by atoms with Gasteiger partial charge in [0.2, 0.25) is 5.91 Å². The first-order valence-corrected chi connectivity index (χ1v) is 5.97. The Hall–Kier alpha value is -1.08. The molecule has 0 aliphatic heterocycles. The van der Waals surface area contributed by atoms with Crippen molar-refractivity contribution in [1.29, 1.82) is 5.26 Å². The topological polar surface area (TPSA) is 70.1 Å². The van der Waals surface area contributed by atoms with Gasteiger partial charge in [-0.05, 0) is 32.1 Å². The van der Waals surface area contributed by atoms with Crippen LogP contribution in [0.25, 0.3) is 0 Å². The van der Waals surface area contributed by atoms with Crippen LogP contribution in [-0.2, 0) is 4.79 Å². The Morgan fingerprint density at radius 3 is 2.56 bits per heavy atom. The largest absolute Gasteiger partial charge is 0.346 e. The summed E-state index contributed by atoms with van der Waals surface area (Å²) in [6.45, 7) is 2.87. The second-order valence-corrected chi connectivity index (χ2v) is 4.80. The van der Waals surface area contributed by atoms with Gasteiger partial charge < -0.3 is 10.6 Å². The number of nitrogens with two attached hydrogens (primary N) is 1. The Morgan fingerprint density at radius 1 is 1.56 bits per heavy atom. The Morgan fingerprint density at radius 2 is 2.12 bits per heavy atom. The Labute approximate surface area is 97.4 Å². The molecule has 4 nitrogen and oxygen atoms in total. The van der Waals surface area contributed by atoms with Crippen molar-refractivity contribution in [2.24, 2.45) is 11.7 Å². The zero-order valence-electron chi connectivity index (χ0n) is 10.2. The van der Waals surface area contributed by atoms with Crippen LogP contribution < -0.4 is 5.73 Å². The van der Waals surface area contributed by atoms with Crippen LogP contribution in [0.3, 0.4) is 0 Å². The van der Waals surface area contributed by atoms with Crippen molar-refractivity contribution in [3.63, 3.8) is 0 Å². The molecule has 90 valence electrons. The Bertz CT molecular complexity index is 287. The van der Waals surface area contributed by atoms with Crippen molar-refractivity contribution in [1.82, 2.24) is 4.90 Å². The van der Waals surface area contributed by atoms with E-state index in [-0.39, 0.29) is 11.8 Å². The first-order valence-electron chi connectivity index (χ1n) is 5.97. The molecule has 16 heavy (non-hydrogen) atoms. The Balaban J connectivity index is 2.48. The molecule has 0 aromatic carbocycles. The molecule has 0 heterocycles. The molecule has 0 saturated heterocycles. The molecule has 1 fully saturated rings. The molecule has 0 unspecified atom stereocenters. The molecule has 0 atom stereocenters. The number of nitrogens with zero attached hydrogens (tertiary/aromatic N) is 2. The third-order valence-corrected chi connectivity index (χ3v) is 3.38. The number of nitriles is 1. The summed E-state index contributed by atoms with van der Waals surface area (Å²) in [6.07, 6.45) is 3.75. The van der Waals surface area contributed by atoms with Gasteiger partial charge in [0.1, 0.15) is 5.54 Å². The predicted octanol–water partition coefficient (Wildman–Crippen LogP) is 1.27. The third kappa shape index (κ3) is 2.96. The van der Waals surface area contributed by atoms with E-state index in [1.165, 1.54) is 0 Å². The molecule has 2 N–H and O–H groups in total. The van der Waals surface area contributed by atoms with Gasteiger partial charge in [0.15, 0.2) is 0 Å². The summed E-state index contributed by atoms with van der Waals surface area (Å²) in [5.41, 5.74) is 5.18. The highest BCUT2D eigenvalue weighted by Crippen LogP contribution is 2.30. The summed E-state index contributed by atoms with van der Waals surface area (Å²) < 4.78 is 0. The fourth-order valence-corrected chi connectivity index (χ4v) is 2.25. The number of rotatable bonds is 3. The molecular formula is C12H21N3O. The first-order chi connectivity index (χ1) is 7.52. The van der Waals surface area contributed by atoms with Gasteiger partial charge in [0, 0.05) is 19.5 Å². The van der Waals surface area contributed by atoms with Gasteiger partial charge in [-0.15, -0.1) is 0 Å². The summed E-state index contributed by atoms with van der Waals surface area (Å²) in [7, 11) is 1.85. The van der Waals surface area contributed by atoms with Crippen LogP contribution in [0.2, 0.25) is 0 Å². The fraction of sp³-hybridized carbons (Fsp3) is 0.833. The highest BCUT2D eigenvalue weighted by atomic mass is 16.2. The molecule has 1 aliphatic carbocycles. The van der Waals surface area contributed by atoms with Crippen molar-refractivity contribution in [2.75, 3.05) is 13.6 Å². The minimum absolute atomic E-state index is 0.0709. The van der Waals surface area contributed by atoms with E-state index in [0.29, 0.717) is 12.8 Å². The maximum absolute atomic E-state index is 12.0. The summed E-state index contributed by atoms with van der Waals surface area (Å²) in [5.74, 6) is 0.281. The summed E-state index contributed by atoms with van der Waals surface area (Å²) >= 11 is 0. The maximum Gasteiger partial charge on any atom is 0.225 e. The van der Waals surface area contributed by atoms with Crippen LogP contribution >= 0.6 is 0 Å². The van der Waals surface area contributed by atoms with Gasteiger partial charge in [-0.1, -0.05) is 6.92 Å². The zero-order chi connectivity index (χ0) is 12.2. The molecule has 0 spiro atoms. The molecular weight excluding hydrogens is 202 g/mol. The average molecular weight is 223 g/mol. The van der Waals surface area contributed by atoms with Crippen molar-refractivity contribution in [3.05, 3.63) is 0 Å². The monoisotopic (exact) mass is 223 g/mol. The molecule has 4 heteroatoms. The fourth-order valence-electron chi connectivity index (χ4n) is 2.25. The minimum atomic E-state index is -0.694. The maximum atomic E-state index is 12.0. The van der Waals surface area contributed by atoms with Crippen LogP contribution in [0, 0.1) is 17.2 Å². The van der Waals surface area contributed by atoms with Crippen LogP contribution in [0.5, 0.6) is 0 Å². The highest BCUT2D eigenvalue weighted by Gasteiger charge is 2.35. The molecule has 1 rings (SSSR count). The number of hydrogen-bond donors (Lipinski definition) is 1. The van der Waals surface area contributed by atoms with E-state index in [9.17, 15) is 4.79 Å². The van der Waals surface area contributed by atoms with E-state index in [1.54, 1.807) is 4.90 Å². The zero-order valence-corrected chi connectivity index (χ0v) is 10.2. The lowest BCUT2D eigenvalue weighted by Crippen LogP contribution is -2.45. The van der Waals surface area contributed by atoms with Crippen molar-refractivity contribution in [3.8, 4) is 6.07 Å². The van der Waals surface area contributed by atoms with Gasteiger partial charge in [0.05, 0.1) is 6.07 Å². The third-order valence-electron chi connectivity index (χ3n) is 3.38. The molecule has 0 radical (unpaired) electrons. The number of carbonyl (C=O) groups excluding carboxylic acids is 1. The highest BCUT2D eigenvalue weighted by molar-refractivity contribution is 5.78. The second-order valence-electron chi connectivity index (χ2n) is 4.80. The smallest absolute Gasteiger partial charge is 0.225 e. The average Bonchev–Trinajstić information content (AvgIpc) is 2.29. The summed E-state index contributed by atoms with van der Waals surface area (Å²) in [5, 5.41) is 8.90. The van der Waals surface area contributed by atoms with Crippen LogP contribution in [0.1, 0.15) is 39.0 Å². The van der Waals surface area contributed by atoms with Gasteiger partial charge in [-0.3, -0.25) is 4.79 Å². The van der Waals surface area contributed by atoms with Crippen LogP contribution in [0.4, 0.5) is 0 Å². The molecule has 0 bridgehead atoms. The van der Waals surface area contributed by atoms with Crippen molar-refractivity contribution in [2.45, 2.75) is 44.6 Å². The van der Waals surface area contributed by atoms with Gasteiger partial charge in [-0.2, -0.15) is 5.26 Å². The molecule has 1 amide bonds.